The molecule has 0 atom stereocenters. The van der Waals surface area contributed by atoms with Crippen molar-refractivity contribution in [3.05, 3.63) is 47.5 Å². The fourth-order valence-electron chi connectivity index (χ4n) is 1.96. The van der Waals surface area contributed by atoms with Crippen molar-refractivity contribution in [2.24, 2.45) is 0 Å². The number of carboxylic acid groups (broad SMARTS) is 1. The van der Waals surface area contributed by atoms with Crippen LogP contribution in [0, 0.1) is 0 Å². The first kappa shape index (κ1) is 10.7. The zero-order valence-electron chi connectivity index (χ0n) is 9.23. The Balaban J connectivity index is 2.65. The van der Waals surface area contributed by atoms with E-state index in [1.165, 1.54) is 0 Å². The molecule has 0 aliphatic carbocycles. The summed E-state index contributed by atoms with van der Waals surface area (Å²) in [6.45, 7) is 2.06. The van der Waals surface area contributed by atoms with Crippen molar-refractivity contribution in [2.45, 2.75) is 19.8 Å². The topological polar surface area (TPSA) is 37.3 Å². The minimum atomic E-state index is -0.839. The van der Waals surface area contributed by atoms with Gasteiger partial charge < -0.3 is 5.11 Å². The molecule has 2 aromatic rings. The maximum atomic E-state index is 11.1. The van der Waals surface area contributed by atoms with Gasteiger partial charge in [-0.15, -0.1) is 0 Å². The summed E-state index contributed by atoms with van der Waals surface area (Å²) in [5.74, 6) is -0.839. The molecule has 0 saturated heterocycles. The van der Waals surface area contributed by atoms with Crippen LogP contribution in [-0.4, -0.2) is 11.1 Å². The highest BCUT2D eigenvalue weighted by atomic mass is 16.4. The molecule has 0 aromatic heterocycles. The maximum absolute atomic E-state index is 11.1. The Morgan fingerprint density at radius 3 is 2.38 bits per heavy atom. The molecule has 0 aliphatic rings. The summed E-state index contributed by atoms with van der Waals surface area (Å²) in [4.78, 5) is 11.1. The molecule has 0 radical (unpaired) electrons. The summed E-state index contributed by atoms with van der Waals surface area (Å²) in [5.41, 5.74) is 1.36. The molecule has 0 amide bonds. The fourth-order valence-corrected chi connectivity index (χ4v) is 1.96. The Morgan fingerprint density at radius 1 is 1.19 bits per heavy atom. The second kappa shape index (κ2) is 4.35. The lowest BCUT2D eigenvalue weighted by Crippen LogP contribution is -2.02. The van der Waals surface area contributed by atoms with Crippen LogP contribution in [0.4, 0.5) is 0 Å². The van der Waals surface area contributed by atoms with Crippen LogP contribution in [0.1, 0.15) is 29.3 Å². The average molecular weight is 214 g/mol. The van der Waals surface area contributed by atoms with E-state index in [9.17, 15) is 4.79 Å². The van der Waals surface area contributed by atoms with Gasteiger partial charge in [-0.1, -0.05) is 43.7 Å². The standard InChI is InChI=1S/C14H14O2/c1-2-5-12-8-10-6-3-4-7-11(10)9-13(12)14(15)16/h3-4,6-9H,2,5H2,1H3,(H,15,16). The molecule has 0 unspecified atom stereocenters. The molecule has 0 heterocycles. The largest absolute Gasteiger partial charge is 0.478 e. The first-order valence-electron chi connectivity index (χ1n) is 5.47. The van der Waals surface area contributed by atoms with Crippen molar-refractivity contribution in [3.63, 3.8) is 0 Å². The molecule has 1 N–H and O–H groups in total. The summed E-state index contributed by atoms with van der Waals surface area (Å²) in [5, 5.41) is 11.2. The summed E-state index contributed by atoms with van der Waals surface area (Å²) < 4.78 is 0. The zero-order valence-corrected chi connectivity index (χ0v) is 9.23. The van der Waals surface area contributed by atoms with Crippen LogP contribution in [-0.2, 0) is 6.42 Å². The number of aryl methyl sites for hydroxylation is 1. The Labute approximate surface area is 94.5 Å². The van der Waals surface area contributed by atoms with Crippen molar-refractivity contribution in [1.82, 2.24) is 0 Å². The highest BCUT2D eigenvalue weighted by molar-refractivity contribution is 5.96. The highest BCUT2D eigenvalue weighted by Gasteiger charge is 2.10. The fraction of sp³-hybridized carbons (Fsp3) is 0.214. The van der Waals surface area contributed by atoms with Crippen LogP contribution < -0.4 is 0 Å². The van der Waals surface area contributed by atoms with E-state index >= 15 is 0 Å². The molecular weight excluding hydrogens is 200 g/mol. The van der Waals surface area contributed by atoms with Gasteiger partial charge in [-0.2, -0.15) is 0 Å². The van der Waals surface area contributed by atoms with Crippen molar-refractivity contribution in [1.29, 1.82) is 0 Å². The van der Waals surface area contributed by atoms with Crippen LogP contribution in [0.15, 0.2) is 36.4 Å². The lowest BCUT2D eigenvalue weighted by atomic mass is 9.98. The molecule has 0 spiro atoms. The number of benzene rings is 2. The number of carboxylic acids is 1. The van der Waals surface area contributed by atoms with Gasteiger partial charge in [-0.3, -0.25) is 0 Å². The van der Waals surface area contributed by atoms with Crippen LogP contribution in [0.25, 0.3) is 10.8 Å². The minimum absolute atomic E-state index is 0.431. The molecule has 0 fully saturated rings. The zero-order chi connectivity index (χ0) is 11.5. The van der Waals surface area contributed by atoms with Crippen molar-refractivity contribution >= 4 is 16.7 Å². The van der Waals surface area contributed by atoms with Gasteiger partial charge in [0.1, 0.15) is 0 Å². The molecular formula is C14H14O2. The molecule has 82 valence electrons. The molecule has 2 rings (SSSR count). The summed E-state index contributed by atoms with van der Waals surface area (Å²) in [6, 6.07) is 11.6. The third-order valence-corrected chi connectivity index (χ3v) is 2.72. The van der Waals surface area contributed by atoms with Gasteiger partial charge in [0, 0.05) is 0 Å². The van der Waals surface area contributed by atoms with E-state index in [4.69, 9.17) is 5.11 Å². The van der Waals surface area contributed by atoms with Gasteiger partial charge in [0.05, 0.1) is 5.56 Å². The van der Waals surface area contributed by atoms with E-state index in [1.54, 1.807) is 6.07 Å². The van der Waals surface area contributed by atoms with E-state index in [2.05, 4.69) is 6.92 Å². The van der Waals surface area contributed by atoms with Gasteiger partial charge in [0.15, 0.2) is 0 Å². The van der Waals surface area contributed by atoms with Crippen LogP contribution >= 0.6 is 0 Å². The highest BCUT2D eigenvalue weighted by Crippen LogP contribution is 2.21. The monoisotopic (exact) mass is 214 g/mol. The van der Waals surface area contributed by atoms with Crippen LogP contribution in [0.3, 0.4) is 0 Å². The van der Waals surface area contributed by atoms with Gasteiger partial charge >= 0.3 is 5.97 Å². The minimum Gasteiger partial charge on any atom is -0.478 e. The van der Waals surface area contributed by atoms with Crippen molar-refractivity contribution in [3.8, 4) is 0 Å². The number of hydrogen-bond acceptors (Lipinski definition) is 1. The normalized spacial score (nSPS) is 10.6. The van der Waals surface area contributed by atoms with Gasteiger partial charge in [0.2, 0.25) is 0 Å². The SMILES string of the molecule is CCCc1cc2ccccc2cc1C(=O)O. The second-order valence-electron chi connectivity index (χ2n) is 3.91. The smallest absolute Gasteiger partial charge is 0.335 e. The summed E-state index contributed by atoms with van der Waals surface area (Å²) in [6.07, 6.45) is 1.77. The predicted molar refractivity (Wildman–Crippen MR) is 64.9 cm³/mol. The Morgan fingerprint density at radius 2 is 1.81 bits per heavy atom. The molecule has 0 saturated carbocycles. The lowest BCUT2D eigenvalue weighted by Gasteiger charge is -2.07. The number of carbonyl (C=O) groups is 1. The number of rotatable bonds is 3. The van der Waals surface area contributed by atoms with Crippen molar-refractivity contribution in [2.75, 3.05) is 0 Å². The van der Waals surface area contributed by atoms with Gasteiger partial charge in [-0.05, 0) is 28.8 Å². The number of fused-ring (bicyclic) bond motifs is 1. The van der Waals surface area contributed by atoms with Gasteiger partial charge in [0.25, 0.3) is 0 Å². The average Bonchev–Trinajstić information content (AvgIpc) is 2.28. The van der Waals surface area contributed by atoms with Crippen LogP contribution in [0.5, 0.6) is 0 Å². The summed E-state index contributed by atoms with van der Waals surface area (Å²) in [7, 11) is 0. The molecule has 0 aliphatic heterocycles. The quantitative estimate of drug-likeness (QED) is 0.849. The Bertz CT molecular complexity index is 529. The van der Waals surface area contributed by atoms with E-state index in [1.807, 2.05) is 30.3 Å². The molecule has 2 aromatic carbocycles. The maximum Gasteiger partial charge on any atom is 0.335 e. The number of hydrogen-bond donors (Lipinski definition) is 1. The third-order valence-electron chi connectivity index (χ3n) is 2.72. The first-order valence-corrected chi connectivity index (χ1v) is 5.47. The molecule has 0 bridgehead atoms. The van der Waals surface area contributed by atoms with E-state index < -0.39 is 5.97 Å². The second-order valence-corrected chi connectivity index (χ2v) is 3.91. The van der Waals surface area contributed by atoms with E-state index in [0.29, 0.717) is 5.56 Å². The Hall–Kier alpha value is -1.83. The predicted octanol–water partition coefficient (Wildman–Crippen LogP) is 3.49. The van der Waals surface area contributed by atoms with Crippen molar-refractivity contribution < 1.29 is 9.90 Å². The van der Waals surface area contributed by atoms with Crippen LogP contribution in [0.2, 0.25) is 0 Å². The third kappa shape index (κ3) is 1.91. The number of aromatic carboxylic acids is 1. The van der Waals surface area contributed by atoms with Gasteiger partial charge in [-0.25, -0.2) is 4.79 Å². The first-order chi connectivity index (χ1) is 7.72. The molecule has 16 heavy (non-hydrogen) atoms. The Kier molecular flexibility index (Phi) is 2.91. The lowest BCUT2D eigenvalue weighted by molar-refractivity contribution is 0.0696. The summed E-state index contributed by atoms with van der Waals surface area (Å²) >= 11 is 0. The van der Waals surface area contributed by atoms with E-state index in [-0.39, 0.29) is 0 Å². The molecule has 2 heteroatoms. The molecule has 2 nitrogen and oxygen atoms in total. The van der Waals surface area contributed by atoms with E-state index in [0.717, 1.165) is 29.2 Å².